The topological polar surface area (TPSA) is 155 Å². The van der Waals surface area contributed by atoms with Crippen molar-refractivity contribution in [3.05, 3.63) is 35.9 Å². The number of carbonyl (C=O) groups excluding carboxylic acids is 5. The van der Waals surface area contributed by atoms with Crippen LogP contribution in [0.1, 0.15) is 46.6 Å². The van der Waals surface area contributed by atoms with Crippen molar-refractivity contribution >= 4 is 42.3 Å². The molecule has 0 unspecified atom stereocenters. The molecule has 4 N–H and O–H groups in total. The van der Waals surface area contributed by atoms with Crippen LogP contribution in [0.2, 0.25) is 0 Å². The van der Waals surface area contributed by atoms with E-state index in [1.807, 2.05) is 44.2 Å². The van der Waals surface area contributed by atoms with E-state index in [2.05, 4.69) is 21.3 Å². The predicted molar refractivity (Wildman–Crippen MR) is 148 cm³/mol. The van der Waals surface area contributed by atoms with E-state index in [1.54, 1.807) is 20.8 Å². The number of nitrogens with zero attached hydrogens (tertiary/aromatic N) is 1. The van der Waals surface area contributed by atoms with Crippen LogP contribution in [0.25, 0.3) is 0 Å². The summed E-state index contributed by atoms with van der Waals surface area (Å²) >= 11 is 0. The van der Waals surface area contributed by atoms with Gasteiger partial charge in [-0.25, -0.2) is 9.59 Å². The second-order valence-corrected chi connectivity index (χ2v) is 10.1. The van der Waals surface area contributed by atoms with E-state index in [-0.39, 0.29) is 51.1 Å². The lowest BCUT2D eigenvalue weighted by Crippen LogP contribution is -2.50. The lowest BCUT2D eigenvalue weighted by Gasteiger charge is -2.24. The molecule has 0 fully saturated rings. The van der Waals surface area contributed by atoms with Gasteiger partial charge < -0.3 is 35.6 Å². The molecule has 0 bridgehead atoms. The summed E-state index contributed by atoms with van der Waals surface area (Å²) in [6.45, 7) is 8.81. The van der Waals surface area contributed by atoms with Crippen LogP contribution in [0.15, 0.2) is 30.3 Å². The number of alkyl carbamates (subject to hydrolysis) is 1. The average Bonchev–Trinajstić information content (AvgIpc) is 2.82. The molecule has 0 saturated carbocycles. The lowest BCUT2D eigenvalue weighted by molar-refractivity contribution is -0.127. The second kappa shape index (κ2) is 17.9. The molecule has 1 atom stereocenters. The van der Waals surface area contributed by atoms with Crippen LogP contribution in [0.3, 0.4) is 0 Å². The van der Waals surface area contributed by atoms with Crippen LogP contribution in [-0.2, 0) is 30.5 Å². The molecule has 12 nitrogen and oxygen atoms in total. The van der Waals surface area contributed by atoms with Gasteiger partial charge in [0.1, 0.15) is 24.8 Å². The molecule has 0 spiro atoms. The Morgan fingerprint density at radius 1 is 0.923 bits per heavy atom. The zero-order chi connectivity index (χ0) is 28.7. The third-order valence-corrected chi connectivity index (χ3v) is 4.80. The molecule has 1 aromatic carbocycles. The number of hydrogen-bond donors (Lipinski definition) is 4. The molecule has 13 heteroatoms. The van der Waals surface area contributed by atoms with E-state index in [4.69, 9.17) is 9.47 Å². The maximum atomic E-state index is 12.5. The van der Waals surface area contributed by atoms with Crippen molar-refractivity contribution in [3.63, 3.8) is 0 Å². The van der Waals surface area contributed by atoms with Gasteiger partial charge in [-0.1, -0.05) is 44.2 Å². The van der Waals surface area contributed by atoms with Gasteiger partial charge in [0.15, 0.2) is 0 Å². The average molecular weight is 572 g/mol. The normalized spacial score (nSPS) is 11.4. The maximum Gasteiger partial charge on any atom is 0.410 e. The molecule has 1 aromatic rings. The van der Waals surface area contributed by atoms with Crippen molar-refractivity contribution in [1.82, 2.24) is 26.2 Å². The van der Waals surface area contributed by atoms with Crippen molar-refractivity contribution < 1.29 is 33.4 Å². The molecule has 220 valence electrons. The van der Waals surface area contributed by atoms with Gasteiger partial charge in [0.25, 0.3) is 0 Å². The van der Waals surface area contributed by atoms with Gasteiger partial charge in [0.05, 0.1) is 6.54 Å². The molecule has 0 aliphatic carbocycles. The monoisotopic (exact) mass is 571 g/mol. The smallest absolute Gasteiger partial charge is 0.410 e. The van der Waals surface area contributed by atoms with Crippen LogP contribution in [0.4, 0.5) is 9.59 Å². The van der Waals surface area contributed by atoms with Crippen molar-refractivity contribution in [2.45, 2.75) is 59.3 Å². The third-order valence-electron chi connectivity index (χ3n) is 4.80. The van der Waals surface area contributed by atoms with E-state index in [9.17, 15) is 24.0 Å². The van der Waals surface area contributed by atoms with Crippen LogP contribution in [-0.4, -0.2) is 79.7 Å². The minimum Gasteiger partial charge on any atom is -0.445 e. The number of carbonyl (C=O) groups is 5. The number of hydrogen-bond acceptors (Lipinski definition) is 7. The number of ether oxygens (including phenoxy) is 2. The number of benzene rings is 1. The summed E-state index contributed by atoms with van der Waals surface area (Å²) in [5.41, 5.74) is 0.125. The van der Waals surface area contributed by atoms with E-state index in [0.29, 0.717) is 6.42 Å². The summed E-state index contributed by atoms with van der Waals surface area (Å²) in [4.78, 5) is 61.9. The fourth-order valence-electron chi connectivity index (χ4n) is 3.08. The van der Waals surface area contributed by atoms with E-state index in [1.165, 1.54) is 7.05 Å². The highest BCUT2D eigenvalue weighted by Gasteiger charge is 2.25. The summed E-state index contributed by atoms with van der Waals surface area (Å²) in [7, 11) is 1.45. The number of nitrogens with one attached hydrogen (secondary N) is 4. The number of amides is 5. The first kappa shape index (κ1) is 35.5. The molecule has 39 heavy (non-hydrogen) atoms. The SMILES string of the molecule is CC(C)C[C@H](NC(=O)OC(C)(C)C)C(=O)NCC(=O)NCCNC(=O)CN(C)C(=O)OCc1ccccc1.Cl. The van der Waals surface area contributed by atoms with Gasteiger partial charge in [0, 0.05) is 20.1 Å². The maximum absolute atomic E-state index is 12.5. The summed E-state index contributed by atoms with van der Waals surface area (Å²) in [5.74, 6) is -1.27. The number of likely N-dealkylation sites (N-methyl/N-ethyl adjacent to an activating group) is 1. The van der Waals surface area contributed by atoms with Gasteiger partial charge in [-0.05, 0) is 38.7 Å². The van der Waals surface area contributed by atoms with Gasteiger partial charge in [-0.2, -0.15) is 0 Å². The zero-order valence-corrected chi connectivity index (χ0v) is 24.3. The first-order valence-electron chi connectivity index (χ1n) is 12.5. The molecular weight excluding hydrogens is 530 g/mol. The zero-order valence-electron chi connectivity index (χ0n) is 23.5. The van der Waals surface area contributed by atoms with Crippen LogP contribution in [0, 0.1) is 5.92 Å². The highest BCUT2D eigenvalue weighted by Crippen LogP contribution is 2.09. The Morgan fingerprint density at radius 3 is 2.08 bits per heavy atom. The minimum absolute atomic E-state index is 0. The largest absolute Gasteiger partial charge is 0.445 e. The van der Waals surface area contributed by atoms with Crippen LogP contribution < -0.4 is 21.3 Å². The Bertz CT molecular complexity index is 938. The second-order valence-electron chi connectivity index (χ2n) is 10.1. The summed E-state index contributed by atoms with van der Waals surface area (Å²) in [6.07, 6.45) is -0.981. The Kier molecular flexibility index (Phi) is 16.3. The molecule has 5 amide bonds. The van der Waals surface area contributed by atoms with Gasteiger partial charge >= 0.3 is 12.2 Å². The molecule has 0 aromatic heterocycles. The van der Waals surface area contributed by atoms with E-state index < -0.39 is 41.6 Å². The lowest BCUT2D eigenvalue weighted by atomic mass is 10.0. The van der Waals surface area contributed by atoms with Crippen molar-refractivity contribution in [1.29, 1.82) is 0 Å². The molecule has 0 aliphatic heterocycles. The van der Waals surface area contributed by atoms with Crippen LogP contribution in [0.5, 0.6) is 0 Å². The Balaban J connectivity index is 0.0000144. The molecular formula is C26H42ClN5O7. The minimum atomic E-state index is -0.853. The molecule has 0 saturated heterocycles. The number of rotatable bonds is 13. The third kappa shape index (κ3) is 16.8. The summed E-state index contributed by atoms with van der Waals surface area (Å²) < 4.78 is 10.4. The molecule has 1 rings (SSSR count). The molecule has 0 radical (unpaired) electrons. The Hall–Kier alpha value is -3.54. The van der Waals surface area contributed by atoms with Gasteiger partial charge in [-0.15, -0.1) is 12.4 Å². The number of halogens is 1. The van der Waals surface area contributed by atoms with E-state index >= 15 is 0 Å². The fourth-order valence-corrected chi connectivity index (χ4v) is 3.08. The predicted octanol–water partition coefficient (Wildman–Crippen LogP) is 1.96. The summed E-state index contributed by atoms with van der Waals surface area (Å²) in [5, 5.41) is 10.2. The highest BCUT2D eigenvalue weighted by molar-refractivity contribution is 5.89. The van der Waals surface area contributed by atoms with Crippen molar-refractivity contribution in [3.8, 4) is 0 Å². The highest BCUT2D eigenvalue weighted by atomic mass is 35.5. The van der Waals surface area contributed by atoms with E-state index in [0.717, 1.165) is 10.5 Å². The molecule has 0 aliphatic rings. The standard InChI is InChI=1S/C26H41N5O7.ClH/c1-18(2)14-20(30-24(35)38-26(3,4)5)23(34)29-15-21(32)27-12-13-28-22(33)16-31(6)25(36)37-17-19-10-8-7-9-11-19;/h7-11,18,20H,12-17H2,1-6H3,(H,27,32)(H,28,33)(H,29,34)(H,30,35);1H/t20-;/m0./s1. The first-order valence-corrected chi connectivity index (χ1v) is 12.5. The first-order chi connectivity index (χ1) is 17.8. The van der Waals surface area contributed by atoms with Gasteiger partial charge in [-0.3, -0.25) is 14.4 Å². The van der Waals surface area contributed by atoms with Crippen molar-refractivity contribution in [2.75, 3.05) is 33.2 Å². The Morgan fingerprint density at radius 2 is 1.51 bits per heavy atom. The summed E-state index contributed by atoms with van der Waals surface area (Å²) in [6, 6.07) is 8.32. The fraction of sp³-hybridized carbons (Fsp3) is 0.577. The molecule has 0 heterocycles. The Labute approximate surface area is 236 Å². The van der Waals surface area contributed by atoms with Crippen molar-refractivity contribution in [2.24, 2.45) is 5.92 Å². The van der Waals surface area contributed by atoms with Crippen LogP contribution >= 0.6 is 12.4 Å². The quantitative estimate of drug-likeness (QED) is 0.264. The van der Waals surface area contributed by atoms with Gasteiger partial charge in [0.2, 0.25) is 17.7 Å².